The third-order valence-corrected chi connectivity index (χ3v) is 2.34. The van der Waals surface area contributed by atoms with Gasteiger partial charge in [0, 0.05) is 10.0 Å². The van der Waals surface area contributed by atoms with E-state index in [0.717, 1.165) is 21.6 Å². The summed E-state index contributed by atoms with van der Waals surface area (Å²) in [6.45, 7) is 1.95. The van der Waals surface area contributed by atoms with E-state index in [1.54, 1.807) is 0 Å². The summed E-state index contributed by atoms with van der Waals surface area (Å²) in [7, 11) is 0. The van der Waals surface area contributed by atoms with Gasteiger partial charge in [-0.15, -0.1) is 0 Å². The van der Waals surface area contributed by atoms with Crippen molar-refractivity contribution in [2.45, 2.75) is 6.92 Å². The molecule has 0 radical (unpaired) electrons. The van der Waals surface area contributed by atoms with E-state index >= 15 is 0 Å². The highest BCUT2D eigenvalue weighted by molar-refractivity contribution is 9.10. The van der Waals surface area contributed by atoms with Crippen molar-refractivity contribution < 1.29 is 4.42 Å². The Hall–Kier alpha value is -1.02. The van der Waals surface area contributed by atoms with Gasteiger partial charge >= 0.3 is 0 Å². The fourth-order valence-electron chi connectivity index (χ4n) is 1.23. The van der Waals surface area contributed by atoms with Crippen molar-refractivity contribution in [2.75, 3.05) is 0 Å². The normalized spacial score (nSPS) is 10.3. The molecular weight excluding hydrogens is 228 g/mol. The van der Waals surface area contributed by atoms with Crippen LogP contribution in [0.3, 0.4) is 0 Å². The molecule has 2 heteroatoms. The van der Waals surface area contributed by atoms with Crippen LogP contribution in [-0.2, 0) is 0 Å². The minimum absolute atomic E-state index is 0.916. The van der Waals surface area contributed by atoms with E-state index in [1.807, 2.05) is 43.3 Å². The van der Waals surface area contributed by atoms with Crippen molar-refractivity contribution in [2.24, 2.45) is 0 Å². The molecule has 0 saturated heterocycles. The Morgan fingerprint density at radius 3 is 2.62 bits per heavy atom. The molecule has 0 fully saturated rings. The molecule has 1 aromatic carbocycles. The average molecular weight is 237 g/mol. The molecular formula is C11H9BrO. The summed E-state index contributed by atoms with van der Waals surface area (Å²) in [5.41, 5.74) is 1.10. The zero-order valence-electron chi connectivity index (χ0n) is 7.25. The van der Waals surface area contributed by atoms with E-state index in [2.05, 4.69) is 15.9 Å². The second kappa shape index (κ2) is 3.38. The van der Waals surface area contributed by atoms with E-state index in [4.69, 9.17) is 4.42 Å². The van der Waals surface area contributed by atoms with Gasteiger partial charge in [0.15, 0.2) is 0 Å². The topological polar surface area (TPSA) is 13.1 Å². The van der Waals surface area contributed by atoms with E-state index in [9.17, 15) is 0 Å². The molecule has 0 aliphatic rings. The first kappa shape index (κ1) is 8.57. The van der Waals surface area contributed by atoms with Crippen molar-refractivity contribution in [1.29, 1.82) is 0 Å². The van der Waals surface area contributed by atoms with Gasteiger partial charge in [0.25, 0.3) is 0 Å². The molecule has 0 atom stereocenters. The summed E-state index contributed by atoms with van der Waals surface area (Å²) >= 11 is 3.42. The molecule has 0 spiro atoms. The molecule has 2 aromatic rings. The highest BCUT2D eigenvalue weighted by Gasteiger charge is 2.01. The molecule has 0 N–H and O–H groups in total. The van der Waals surface area contributed by atoms with Crippen molar-refractivity contribution in [3.8, 4) is 11.3 Å². The number of furan rings is 1. The van der Waals surface area contributed by atoms with Gasteiger partial charge < -0.3 is 4.42 Å². The molecule has 0 saturated carbocycles. The highest BCUT2D eigenvalue weighted by atomic mass is 79.9. The average Bonchev–Trinajstić information content (AvgIpc) is 2.52. The molecule has 2 rings (SSSR count). The summed E-state index contributed by atoms with van der Waals surface area (Å²) in [5, 5.41) is 0. The quantitative estimate of drug-likeness (QED) is 0.730. The van der Waals surface area contributed by atoms with Crippen LogP contribution in [0.2, 0.25) is 0 Å². The van der Waals surface area contributed by atoms with Gasteiger partial charge in [-0.3, -0.25) is 0 Å². The third kappa shape index (κ3) is 1.83. The predicted octanol–water partition coefficient (Wildman–Crippen LogP) is 4.02. The fraction of sp³-hybridized carbons (Fsp3) is 0.0909. The standard InChI is InChI=1S/C11H9BrO/c1-8-5-6-11(13-8)9-3-2-4-10(12)7-9/h2-7H,1H3. The van der Waals surface area contributed by atoms with Crippen molar-refractivity contribution >= 4 is 15.9 Å². The summed E-state index contributed by atoms with van der Waals surface area (Å²) in [6.07, 6.45) is 0. The van der Waals surface area contributed by atoms with E-state index in [0.29, 0.717) is 0 Å². The molecule has 1 heterocycles. The van der Waals surface area contributed by atoms with E-state index in [-0.39, 0.29) is 0 Å². The maximum absolute atomic E-state index is 5.50. The second-order valence-corrected chi connectivity index (χ2v) is 3.84. The van der Waals surface area contributed by atoms with Crippen LogP contribution in [0, 0.1) is 6.92 Å². The zero-order chi connectivity index (χ0) is 9.26. The molecule has 13 heavy (non-hydrogen) atoms. The first-order chi connectivity index (χ1) is 6.25. The molecule has 0 unspecified atom stereocenters. The monoisotopic (exact) mass is 236 g/mol. The van der Waals surface area contributed by atoms with Gasteiger partial charge in [-0.25, -0.2) is 0 Å². The maximum Gasteiger partial charge on any atom is 0.134 e. The Balaban J connectivity index is 2.46. The number of halogens is 1. The number of hydrogen-bond acceptors (Lipinski definition) is 1. The Labute approximate surface area is 85.5 Å². The number of aryl methyl sites for hydroxylation is 1. The number of rotatable bonds is 1. The van der Waals surface area contributed by atoms with E-state index < -0.39 is 0 Å². The predicted molar refractivity (Wildman–Crippen MR) is 56.6 cm³/mol. The minimum atomic E-state index is 0.916. The van der Waals surface area contributed by atoms with Crippen LogP contribution in [0.25, 0.3) is 11.3 Å². The molecule has 1 nitrogen and oxygen atoms in total. The highest BCUT2D eigenvalue weighted by Crippen LogP contribution is 2.24. The van der Waals surface area contributed by atoms with E-state index in [1.165, 1.54) is 0 Å². The maximum atomic E-state index is 5.50. The number of hydrogen-bond donors (Lipinski definition) is 0. The summed E-state index contributed by atoms with van der Waals surface area (Å²) < 4.78 is 6.57. The van der Waals surface area contributed by atoms with Crippen LogP contribution < -0.4 is 0 Å². The summed E-state index contributed by atoms with van der Waals surface area (Å²) in [5.74, 6) is 1.86. The van der Waals surface area contributed by atoms with Crippen LogP contribution in [0.4, 0.5) is 0 Å². The third-order valence-electron chi connectivity index (χ3n) is 1.85. The summed E-state index contributed by atoms with van der Waals surface area (Å²) in [6, 6.07) is 12.0. The fourth-order valence-corrected chi connectivity index (χ4v) is 1.63. The lowest BCUT2D eigenvalue weighted by molar-refractivity contribution is 0.548. The zero-order valence-corrected chi connectivity index (χ0v) is 8.84. The molecule has 0 amide bonds. The van der Waals surface area contributed by atoms with Crippen molar-refractivity contribution in [1.82, 2.24) is 0 Å². The first-order valence-electron chi connectivity index (χ1n) is 4.08. The van der Waals surface area contributed by atoms with Crippen LogP contribution in [-0.4, -0.2) is 0 Å². The smallest absolute Gasteiger partial charge is 0.134 e. The van der Waals surface area contributed by atoms with Crippen LogP contribution in [0.15, 0.2) is 45.3 Å². The molecule has 1 aromatic heterocycles. The summed E-state index contributed by atoms with van der Waals surface area (Å²) in [4.78, 5) is 0. The first-order valence-corrected chi connectivity index (χ1v) is 4.87. The Morgan fingerprint density at radius 2 is 2.00 bits per heavy atom. The largest absolute Gasteiger partial charge is 0.461 e. The molecule has 66 valence electrons. The van der Waals surface area contributed by atoms with Crippen LogP contribution in [0.5, 0.6) is 0 Å². The van der Waals surface area contributed by atoms with Gasteiger partial charge in [-0.1, -0.05) is 28.1 Å². The van der Waals surface area contributed by atoms with Crippen molar-refractivity contribution in [3.05, 3.63) is 46.6 Å². The number of benzene rings is 1. The van der Waals surface area contributed by atoms with Gasteiger partial charge in [0.1, 0.15) is 11.5 Å². The minimum Gasteiger partial charge on any atom is -0.461 e. The Bertz CT molecular complexity index is 418. The molecule has 0 aliphatic heterocycles. The van der Waals surface area contributed by atoms with Gasteiger partial charge in [-0.2, -0.15) is 0 Å². The van der Waals surface area contributed by atoms with Crippen molar-refractivity contribution in [3.63, 3.8) is 0 Å². The Morgan fingerprint density at radius 1 is 1.15 bits per heavy atom. The molecule has 0 aliphatic carbocycles. The second-order valence-electron chi connectivity index (χ2n) is 2.92. The SMILES string of the molecule is Cc1ccc(-c2cccc(Br)c2)o1. The van der Waals surface area contributed by atoms with Gasteiger partial charge in [0.05, 0.1) is 0 Å². The molecule has 0 bridgehead atoms. The lowest BCUT2D eigenvalue weighted by Gasteiger charge is -1.96. The van der Waals surface area contributed by atoms with Crippen LogP contribution >= 0.6 is 15.9 Å². The van der Waals surface area contributed by atoms with Crippen LogP contribution in [0.1, 0.15) is 5.76 Å². The van der Waals surface area contributed by atoms with Gasteiger partial charge in [-0.05, 0) is 31.2 Å². The van der Waals surface area contributed by atoms with Gasteiger partial charge in [0.2, 0.25) is 0 Å². The lowest BCUT2D eigenvalue weighted by Crippen LogP contribution is -1.72. The lowest BCUT2D eigenvalue weighted by atomic mass is 10.2. The Kier molecular flexibility index (Phi) is 2.23.